The first kappa shape index (κ1) is 50.2. The Morgan fingerprint density at radius 2 is 1.77 bits per heavy atom. The normalized spacial score (nSPS) is 22.8. The molecular weight excluding hydrogens is 892 g/mol. The number of cyclic esters (lactones) is 1. The number of unbranched alkanes of at least 4 members (excludes halogenated alkanes) is 1. The fraction of sp³-hybridized carbons (Fsp3) is 0.489. The van der Waals surface area contributed by atoms with E-state index in [1.54, 1.807) is 62.6 Å². The zero-order valence-corrected chi connectivity index (χ0v) is 39.5. The number of aromatic nitrogens is 2. The van der Waals surface area contributed by atoms with Crippen LogP contribution in [0.15, 0.2) is 59.4 Å². The molecule has 8 atom stereocenters. The highest BCUT2D eigenvalue weighted by molar-refractivity contribution is 7.80. The number of aliphatic hydroxyl groups excluding tert-OH is 2. The lowest BCUT2D eigenvalue weighted by Gasteiger charge is -2.40. The molecule has 0 aliphatic carbocycles. The number of para-hydroxylation sites is 1. The van der Waals surface area contributed by atoms with Crippen LogP contribution in [0.4, 0.5) is 5.69 Å². The van der Waals surface area contributed by atoms with Gasteiger partial charge < -0.3 is 60.1 Å². The van der Waals surface area contributed by atoms with Crippen LogP contribution in [0.1, 0.15) is 82.6 Å². The van der Waals surface area contributed by atoms with Crippen LogP contribution in [-0.4, -0.2) is 99.2 Å². The van der Waals surface area contributed by atoms with Gasteiger partial charge in [-0.05, 0) is 106 Å². The summed E-state index contributed by atoms with van der Waals surface area (Å²) in [5, 5.41) is 31.0. The molecule has 1 saturated heterocycles. The van der Waals surface area contributed by atoms with E-state index in [1.807, 2.05) is 24.3 Å². The SMILES string of the molecule is CCc1c2c(nc3ccccc13)-c1cc3c(c(=O)n1C2)COC(=O)C3(CC)OC(=O)[C@@H](NC(=O)[C@H](CCCCN)NC(=S)Nc1ccc(OC2OC(C)C(O)C(OC)C2O)cc1)C(C)C.Cl. The van der Waals surface area contributed by atoms with Gasteiger partial charge in [0.25, 0.3) is 5.56 Å². The maximum absolute atomic E-state index is 14.4. The Labute approximate surface area is 394 Å². The lowest BCUT2D eigenvalue weighted by molar-refractivity contribution is -0.272. The number of thiocarbonyl (C=S) groups is 1. The lowest BCUT2D eigenvalue weighted by Crippen LogP contribution is -2.59. The van der Waals surface area contributed by atoms with Gasteiger partial charge in [-0.25, -0.2) is 14.6 Å². The number of rotatable bonds is 16. The highest BCUT2D eigenvalue weighted by Crippen LogP contribution is 2.42. The average molecular weight is 952 g/mol. The molecule has 7 N–H and O–H groups in total. The summed E-state index contributed by atoms with van der Waals surface area (Å²) < 4.78 is 30.2. The number of methoxy groups -OCH3 is 1. The summed E-state index contributed by atoms with van der Waals surface area (Å²) in [7, 11) is 1.39. The highest BCUT2D eigenvalue weighted by Gasteiger charge is 2.52. The number of amides is 1. The number of pyridine rings is 2. The van der Waals surface area contributed by atoms with Crippen LogP contribution in [0.2, 0.25) is 0 Å². The largest absolute Gasteiger partial charge is 0.462 e. The Morgan fingerprint density at radius 3 is 2.44 bits per heavy atom. The number of nitrogens with one attached hydrogen (secondary N) is 3. The molecule has 0 saturated carbocycles. The van der Waals surface area contributed by atoms with Crippen molar-refractivity contribution >= 4 is 64.2 Å². The molecule has 17 nitrogen and oxygen atoms in total. The zero-order valence-electron chi connectivity index (χ0n) is 37.8. The van der Waals surface area contributed by atoms with Gasteiger partial charge in [0, 0.05) is 29.3 Å². The first-order chi connectivity index (χ1) is 31.2. The van der Waals surface area contributed by atoms with Gasteiger partial charge in [-0.3, -0.25) is 9.59 Å². The van der Waals surface area contributed by atoms with Crippen LogP contribution in [0.3, 0.4) is 0 Å². The molecule has 0 spiro atoms. The minimum atomic E-state index is -1.98. The summed E-state index contributed by atoms with van der Waals surface area (Å²) in [4.78, 5) is 61.6. The number of aryl methyl sites for hydroxylation is 1. The lowest BCUT2D eigenvalue weighted by atomic mass is 9.85. The minimum absolute atomic E-state index is 0. The van der Waals surface area contributed by atoms with Crippen LogP contribution >= 0.6 is 24.6 Å². The monoisotopic (exact) mass is 950 g/mol. The fourth-order valence-corrected chi connectivity index (χ4v) is 9.13. The van der Waals surface area contributed by atoms with Crippen LogP contribution in [0.25, 0.3) is 22.3 Å². The number of carbonyl (C=O) groups excluding carboxylic acids is 3. The maximum atomic E-state index is 14.4. The molecule has 4 aromatic rings. The number of ether oxygens (including phenoxy) is 5. The Hall–Kier alpha value is -5.21. The van der Waals surface area contributed by atoms with Crippen molar-refractivity contribution in [2.45, 2.75) is 128 Å². The first-order valence-electron chi connectivity index (χ1n) is 22.1. The molecule has 5 heterocycles. The highest BCUT2D eigenvalue weighted by atomic mass is 35.5. The summed E-state index contributed by atoms with van der Waals surface area (Å²) >= 11 is 5.63. The number of carbonyl (C=O) groups is 3. The van der Waals surface area contributed by atoms with Gasteiger partial charge in [0.1, 0.15) is 42.8 Å². The predicted octanol–water partition coefficient (Wildman–Crippen LogP) is 4.10. The topological polar surface area (TPSA) is 235 Å². The molecule has 3 aliphatic heterocycles. The Morgan fingerprint density at radius 1 is 1.05 bits per heavy atom. The van der Waals surface area contributed by atoms with Gasteiger partial charge in [0.15, 0.2) is 5.11 Å². The maximum Gasteiger partial charge on any atom is 0.355 e. The van der Waals surface area contributed by atoms with E-state index in [4.69, 9.17) is 46.6 Å². The van der Waals surface area contributed by atoms with E-state index in [-0.39, 0.29) is 47.2 Å². The number of esters is 2. The standard InChI is InChI=1S/C47H58N6O11S.ClH/c1-7-28-29-13-9-10-14-33(29)50-37-30(28)22-53-35(37)21-32-31(42(53)57)23-61-45(59)47(32,8-2)64-43(58)36(24(3)4)52-41(56)34(15-11-12-20-48)51-46(65)49-26-16-18-27(19-17-26)63-44-39(55)40(60-6)38(54)25(5)62-44;/h9-10,13-14,16-19,21,24-25,34,36,38-40,44,54-55H,7-8,11-12,15,20,22-23,48H2,1-6H3,(H,52,56)(H2,49,51,65);1H/t25?,34-,36-,38?,39?,40?,44?,47?;/m0./s1. The van der Waals surface area contributed by atoms with E-state index in [2.05, 4.69) is 22.9 Å². The van der Waals surface area contributed by atoms with Crippen LogP contribution in [-0.2, 0) is 58.5 Å². The summed E-state index contributed by atoms with van der Waals surface area (Å²) in [6, 6.07) is 14.1. The molecule has 7 rings (SSSR count). The second-order valence-corrected chi connectivity index (χ2v) is 17.4. The fourth-order valence-electron chi connectivity index (χ4n) is 8.87. The summed E-state index contributed by atoms with van der Waals surface area (Å²) in [5.74, 6) is -2.36. The van der Waals surface area contributed by atoms with Gasteiger partial charge >= 0.3 is 11.9 Å². The Bertz CT molecular complexity index is 2510. The number of nitrogens with zero attached hydrogens (tertiary/aromatic N) is 2. The summed E-state index contributed by atoms with van der Waals surface area (Å²) in [5.41, 5.74) is 8.40. The molecule has 1 fully saturated rings. The van der Waals surface area contributed by atoms with Crippen molar-refractivity contribution in [3.05, 3.63) is 87.2 Å². The van der Waals surface area contributed by atoms with Gasteiger partial charge in [-0.15, -0.1) is 12.4 Å². The Kier molecular flexibility index (Phi) is 16.1. The molecular formula is C47H59ClN6O11S. The number of halogens is 1. The average Bonchev–Trinajstić information content (AvgIpc) is 3.66. The molecule has 6 unspecified atom stereocenters. The van der Waals surface area contributed by atoms with Crippen molar-refractivity contribution in [2.24, 2.45) is 11.7 Å². The van der Waals surface area contributed by atoms with E-state index >= 15 is 0 Å². The summed E-state index contributed by atoms with van der Waals surface area (Å²) in [6.45, 7) is 9.30. The van der Waals surface area contributed by atoms with Crippen LogP contribution in [0, 0.1) is 5.92 Å². The number of nitrogens with two attached hydrogens (primary N) is 1. The number of aliphatic hydroxyl groups is 2. The first-order valence-corrected chi connectivity index (χ1v) is 22.5. The molecule has 2 aromatic heterocycles. The van der Waals surface area contributed by atoms with Crippen molar-refractivity contribution in [1.82, 2.24) is 20.2 Å². The van der Waals surface area contributed by atoms with Crippen molar-refractivity contribution in [2.75, 3.05) is 19.0 Å². The van der Waals surface area contributed by atoms with E-state index in [9.17, 15) is 29.4 Å². The van der Waals surface area contributed by atoms with Crippen molar-refractivity contribution in [3.8, 4) is 17.1 Å². The van der Waals surface area contributed by atoms with Crippen molar-refractivity contribution in [3.63, 3.8) is 0 Å². The van der Waals surface area contributed by atoms with Crippen LogP contribution in [0.5, 0.6) is 5.75 Å². The molecule has 0 radical (unpaired) electrons. The zero-order chi connectivity index (χ0) is 46.7. The van der Waals surface area contributed by atoms with Gasteiger partial charge in [-0.2, -0.15) is 0 Å². The Balaban J connectivity index is 0.00000720. The molecule has 19 heteroatoms. The number of hydrogen-bond donors (Lipinski definition) is 6. The van der Waals surface area contributed by atoms with Gasteiger partial charge in [0.2, 0.25) is 17.8 Å². The van der Waals surface area contributed by atoms with E-state index in [0.29, 0.717) is 55.2 Å². The molecule has 3 aliphatic rings. The van der Waals surface area contributed by atoms with E-state index in [1.165, 1.54) is 7.11 Å². The van der Waals surface area contributed by atoms with E-state index in [0.717, 1.165) is 28.5 Å². The van der Waals surface area contributed by atoms with Crippen molar-refractivity contribution in [1.29, 1.82) is 0 Å². The number of anilines is 1. The van der Waals surface area contributed by atoms with Gasteiger partial charge in [0.05, 0.1) is 35.1 Å². The molecule has 2 aromatic carbocycles. The smallest absolute Gasteiger partial charge is 0.355 e. The van der Waals surface area contributed by atoms with Crippen molar-refractivity contribution < 1.29 is 48.3 Å². The number of benzene rings is 2. The third kappa shape index (κ3) is 9.77. The van der Waals surface area contributed by atoms with E-state index < -0.39 is 72.2 Å². The second-order valence-electron chi connectivity index (χ2n) is 17.0. The summed E-state index contributed by atoms with van der Waals surface area (Å²) in [6.07, 6.45) is -2.71. The van der Waals surface area contributed by atoms with Crippen LogP contribution < -0.4 is 32.0 Å². The second kappa shape index (κ2) is 21.2. The number of fused-ring (bicyclic) bond motifs is 5. The third-order valence-corrected chi connectivity index (χ3v) is 12.7. The molecule has 0 bridgehead atoms. The molecule has 356 valence electrons. The predicted molar refractivity (Wildman–Crippen MR) is 252 cm³/mol. The molecule has 1 amide bonds. The van der Waals surface area contributed by atoms with Gasteiger partial charge in [-0.1, -0.05) is 45.9 Å². The third-order valence-electron chi connectivity index (χ3n) is 12.5. The quantitative estimate of drug-likeness (QED) is 0.0464. The minimum Gasteiger partial charge on any atom is -0.462 e. The number of hydrogen-bond acceptors (Lipinski definition) is 14. The molecule has 66 heavy (non-hydrogen) atoms.